The van der Waals surface area contributed by atoms with Gasteiger partial charge in [0.2, 0.25) is 0 Å². The van der Waals surface area contributed by atoms with Gasteiger partial charge in [-0.2, -0.15) is 0 Å². The van der Waals surface area contributed by atoms with Crippen LogP contribution in [0.25, 0.3) is 5.57 Å². The molecule has 0 radical (unpaired) electrons. The van der Waals surface area contributed by atoms with Crippen LogP contribution < -0.4 is 19.5 Å². The van der Waals surface area contributed by atoms with Crippen molar-refractivity contribution >= 4 is 23.1 Å². The molecule has 1 heterocycles. The van der Waals surface area contributed by atoms with Gasteiger partial charge in [-0.15, -0.1) is 0 Å². The molecule has 0 aliphatic carbocycles. The number of imide groups is 1. The number of para-hydroxylation sites is 1. The molecule has 0 spiro atoms. The summed E-state index contributed by atoms with van der Waals surface area (Å²) in [7, 11) is 4.61. The van der Waals surface area contributed by atoms with Gasteiger partial charge >= 0.3 is 0 Å². The van der Waals surface area contributed by atoms with Crippen molar-refractivity contribution in [3.8, 4) is 17.2 Å². The van der Waals surface area contributed by atoms with Crippen LogP contribution in [0, 0.1) is 0 Å². The Morgan fingerprint density at radius 1 is 0.909 bits per heavy atom. The maximum absolute atomic E-state index is 13.4. The number of anilines is 1. The highest BCUT2D eigenvalue weighted by molar-refractivity contribution is 6.37. The fraction of sp³-hybridized carbons (Fsp3) is 0.360. The van der Waals surface area contributed by atoms with E-state index in [9.17, 15) is 9.59 Å². The number of nitrogens with zero attached hydrogens (tertiary/aromatic N) is 1. The second kappa shape index (κ2) is 10.9. The summed E-state index contributed by atoms with van der Waals surface area (Å²) in [5.41, 5.74) is 1.43. The molecule has 33 heavy (non-hydrogen) atoms. The molecule has 8 heteroatoms. The Hall–Kier alpha value is -3.52. The smallest absolute Gasteiger partial charge is 0.278 e. The van der Waals surface area contributed by atoms with E-state index in [0.29, 0.717) is 41.5 Å². The van der Waals surface area contributed by atoms with Gasteiger partial charge in [0.25, 0.3) is 11.8 Å². The van der Waals surface area contributed by atoms with Crippen LogP contribution in [0.15, 0.2) is 48.2 Å². The van der Waals surface area contributed by atoms with Crippen LogP contribution in [0.3, 0.4) is 0 Å². The number of hydrogen-bond donors (Lipinski definition) is 1. The topological polar surface area (TPSA) is 86.3 Å². The van der Waals surface area contributed by atoms with Crippen molar-refractivity contribution in [3.63, 3.8) is 0 Å². The summed E-state index contributed by atoms with van der Waals surface area (Å²) in [5, 5.41) is 3.13. The third-order valence-electron chi connectivity index (χ3n) is 5.19. The zero-order valence-corrected chi connectivity index (χ0v) is 19.6. The molecular weight excluding hydrogens is 424 g/mol. The summed E-state index contributed by atoms with van der Waals surface area (Å²) in [6, 6.07) is 12.3. The minimum atomic E-state index is -0.421. The first kappa shape index (κ1) is 24.1. The van der Waals surface area contributed by atoms with Crippen LogP contribution in [0.4, 0.5) is 5.69 Å². The number of hydrogen-bond acceptors (Lipinski definition) is 7. The monoisotopic (exact) mass is 454 g/mol. The Morgan fingerprint density at radius 2 is 1.64 bits per heavy atom. The van der Waals surface area contributed by atoms with E-state index < -0.39 is 11.8 Å². The SMILES string of the molecule is COc1ccc(OC)c(NC2=C(c3ccccc3OC)C(=O)N(CCCOC(C)C)C2=O)c1. The second-order valence-electron chi connectivity index (χ2n) is 7.68. The summed E-state index contributed by atoms with van der Waals surface area (Å²) in [5.74, 6) is 0.771. The zero-order valence-electron chi connectivity index (χ0n) is 19.6. The van der Waals surface area contributed by atoms with Gasteiger partial charge in [-0.05, 0) is 38.5 Å². The lowest BCUT2D eigenvalue weighted by molar-refractivity contribution is -0.137. The summed E-state index contributed by atoms with van der Waals surface area (Å²) >= 11 is 0. The highest BCUT2D eigenvalue weighted by Gasteiger charge is 2.40. The first-order chi connectivity index (χ1) is 15.9. The van der Waals surface area contributed by atoms with Crippen molar-refractivity contribution in [1.29, 1.82) is 0 Å². The molecule has 0 aromatic heterocycles. The molecule has 1 aliphatic heterocycles. The lowest BCUT2D eigenvalue weighted by Gasteiger charge is -2.16. The van der Waals surface area contributed by atoms with Gasteiger partial charge in [0.15, 0.2) is 0 Å². The third kappa shape index (κ3) is 5.28. The maximum atomic E-state index is 13.4. The number of amides is 2. The highest BCUT2D eigenvalue weighted by Crippen LogP contribution is 2.37. The molecule has 2 aromatic rings. The number of benzene rings is 2. The van der Waals surface area contributed by atoms with Crippen molar-refractivity contribution in [2.75, 3.05) is 39.8 Å². The van der Waals surface area contributed by atoms with Crippen molar-refractivity contribution in [1.82, 2.24) is 4.90 Å². The van der Waals surface area contributed by atoms with E-state index in [1.165, 1.54) is 19.1 Å². The Morgan fingerprint density at radius 3 is 2.30 bits per heavy atom. The van der Waals surface area contributed by atoms with Gasteiger partial charge in [0.05, 0.1) is 38.7 Å². The molecule has 0 atom stereocenters. The van der Waals surface area contributed by atoms with E-state index in [1.807, 2.05) is 19.9 Å². The molecule has 0 unspecified atom stereocenters. The summed E-state index contributed by atoms with van der Waals surface area (Å²) < 4.78 is 21.8. The van der Waals surface area contributed by atoms with Crippen LogP contribution in [0.5, 0.6) is 17.2 Å². The number of carbonyl (C=O) groups is 2. The molecule has 2 amide bonds. The van der Waals surface area contributed by atoms with Gasteiger partial charge in [-0.3, -0.25) is 14.5 Å². The second-order valence-corrected chi connectivity index (χ2v) is 7.68. The van der Waals surface area contributed by atoms with E-state index in [4.69, 9.17) is 18.9 Å². The first-order valence-corrected chi connectivity index (χ1v) is 10.8. The predicted octanol–water partition coefficient (Wildman–Crippen LogP) is 3.72. The average molecular weight is 455 g/mol. The molecule has 1 aliphatic rings. The lowest BCUT2D eigenvalue weighted by Crippen LogP contribution is -2.34. The van der Waals surface area contributed by atoms with Crippen molar-refractivity contribution in [2.45, 2.75) is 26.4 Å². The molecule has 0 fully saturated rings. The van der Waals surface area contributed by atoms with E-state index in [1.54, 1.807) is 43.5 Å². The van der Waals surface area contributed by atoms with Crippen LogP contribution >= 0.6 is 0 Å². The quantitative estimate of drug-likeness (QED) is 0.409. The molecule has 0 saturated carbocycles. The van der Waals surface area contributed by atoms with Crippen molar-refractivity contribution in [2.24, 2.45) is 0 Å². The minimum absolute atomic E-state index is 0.0787. The molecule has 2 aromatic carbocycles. The van der Waals surface area contributed by atoms with Crippen LogP contribution in [0.2, 0.25) is 0 Å². The fourth-order valence-electron chi connectivity index (χ4n) is 3.58. The third-order valence-corrected chi connectivity index (χ3v) is 5.19. The largest absolute Gasteiger partial charge is 0.497 e. The Balaban J connectivity index is 2.02. The number of carbonyl (C=O) groups excluding carboxylic acids is 2. The maximum Gasteiger partial charge on any atom is 0.278 e. The number of ether oxygens (including phenoxy) is 4. The predicted molar refractivity (Wildman–Crippen MR) is 126 cm³/mol. The first-order valence-electron chi connectivity index (χ1n) is 10.8. The van der Waals surface area contributed by atoms with Gasteiger partial charge in [-0.1, -0.05) is 18.2 Å². The van der Waals surface area contributed by atoms with Gasteiger partial charge in [0.1, 0.15) is 22.9 Å². The summed E-state index contributed by atoms with van der Waals surface area (Å²) in [4.78, 5) is 28.1. The van der Waals surface area contributed by atoms with Crippen molar-refractivity contribution in [3.05, 3.63) is 53.7 Å². The van der Waals surface area contributed by atoms with E-state index in [0.717, 1.165) is 0 Å². The molecule has 3 rings (SSSR count). The normalized spacial score (nSPS) is 13.7. The van der Waals surface area contributed by atoms with Crippen molar-refractivity contribution < 1.29 is 28.5 Å². The highest BCUT2D eigenvalue weighted by atomic mass is 16.5. The van der Waals surface area contributed by atoms with E-state index in [2.05, 4.69) is 5.32 Å². The standard InChI is InChI=1S/C25H30N2O6/c1-16(2)33-14-8-13-27-24(28)22(18-9-6-7-10-20(18)31-4)23(25(27)29)26-19-15-17(30-3)11-12-21(19)32-5/h6-7,9-12,15-16,26H,8,13-14H2,1-5H3. The molecular formula is C25H30N2O6. The van der Waals surface area contributed by atoms with Crippen LogP contribution in [-0.4, -0.2) is 57.3 Å². The molecule has 1 N–H and O–H groups in total. The Kier molecular flexibility index (Phi) is 7.95. The minimum Gasteiger partial charge on any atom is -0.497 e. The fourth-order valence-corrected chi connectivity index (χ4v) is 3.58. The Bertz CT molecular complexity index is 1050. The molecule has 0 saturated heterocycles. The van der Waals surface area contributed by atoms with Gasteiger partial charge in [0, 0.05) is 24.8 Å². The average Bonchev–Trinajstić information content (AvgIpc) is 3.05. The molecule has 0 bridgehead atoms. The number of rotatable bonds is 11. The number of methoxy groups -OCH3 is 3. The van der Waals surface area contributed by atoms with Gasteiger partial charge < -0.3 is 24.3 Å². The van der Waals surface area contributed by atoms with Gasteiger partial charge in [-0.25, -0.2) is 0 Å². The summed E-state index contributed by atoms with van der Waals surface area (Å²) in [6.45, 7) is 4.57. The Labute approximate surface area is 194 Å². The molecule has 8 nitrogen and oxygen atoms in total. The zero-order chi connectivity index (χ0) is 24.0. The van der Waals surface area contributed by atoms with E-state index >= 15 is 0 Å². The van der Waals surface area contributed by atoms with Crippen LogP contribution in [0.1, 0.15) is 25.8 Å². The van der Waals surface area contributed by atoms with Crippen LogP contribution in [-0.2, 0) is 14.3 Å². The van der Waals surface area contributed by atoms with E-state index in [-0.39, 0.29) is 23.9 Å². The molecule has 176 valence electrons. The lowest BCUT2D eigenvalue weighted by atomic mass is 10.0. The summed E-state index contributed by atoms with van der Waals surface area (Å²) in [6.07, 6.45) is 0.611. The number of nitrogens with one attached hydrogen (secondary N) is 1.